The van der Waals surface area contributed by atoms with Crippen LogP contribution in [0.15, 0.2) is 48.7 Å². The van der Waals surface area contributed by atoms with Crippen LogP contribution in [-0.2, 0) is 4.74 Å². The summed E-state index contributed by atoms with van der Waals surface area (Å²) in [6, 6.07) is 11.2. The van der Waals surface area contributed by atoms with E-state index >= 15 is 0 Å². The molecule has 8 nitrogen and oxygen atoms in total. The number of aromatic amines is 1. The molecule has 2 aromatic carbocycles. The van der Waals surface area contributed by atoms with Gasteiger partial charge in [-0.3, -0.25) is 14.9 Å². The Morgan fingerprint density at radius 2 is 2.00 bits per heavy atom. The second-order valence-electron chi connectivity index (χ2n) is 5.49. The third-order valence-corrected chi connectivity index (χ3v) is 3.92. The van der Waals surface area contributed by atoms with Crippen LogP contribution in [0.4, 0.5) is 11.4 Å². The summed E-state index contributed by atoms with van der Waals surface area (Å²) < 4.78 is 5.03. The van der Waals surface area contributed by atoms with Crippen molar-refractivity contribution >= 4 is 34.0 Å². The van der Waals surface area contributed by atoms with E-state index in [4.69, 9.17) is 4.74 Å². The number of nitrogens with one attached hydrogen (secondary N) is 2. The largest absolute Gasteiger partial charge is 0.454 e. The van der Waals surface area contributed by atoms with Gasteiger partial charge < -0.3 is 15.0 Å². The van der Waals surface area contributed by atoms with Gasteiger partial charge in [-0.05, 0) is 18.2 Å². The molecule has 0 spiro atoms. The monoisotopic (exact) mass is 353 g/mol. The normalized spacial score (nSPS) is 10.5. The Hall–Kier alpha value is -3.68. The van der Waals surface area contributed by atoms with Gasteiger partial charge in [-0.2, -0.15) is 0 Å². The van der Waals surface area contributed by atoms with E-state index in [-0.39, 0.29) is 22.7 Å². The fourth-order valence-corrected chi connectivity index (χ4v) is 2.62. The number of H-pyrrole nitrogens is 1. The number of esters is 1. The molecule has 0 aliphatic carbocycles. The number of aromatic nitrogens is 1. The van der Waals surface area contributed by atoms with Crippen LogP contribution in [0.2, 0.25) is 0 Å². The quantitative estimate of drug-likeness (QED) is 0.304. The average molecular weight is 353 g/mol. The number of carbonyl (C=O) groups is 2. The van der Waals surface area contributed by atoms with E-state index in [1.807, 2.05) is 12.1 Å². The summed E-state index contributed by atoms with van der Waals surface area (Å²) in [5.74, 6) is -1.17. The highest BCUT2D eigenvalue weighted by Crippen LogP contribution is 2.25. The van der Waals surface area contributed by atoms with E-state index in [1.165, 1.54) is 12.1 Å². The van der Waals surface area contributed by atoms with Crippen LogP contribution in [0, 0.1) is 10.1 Å². The Morgan fingerprint density at radius 1 is 1.23 bits per heavy atom. The molecule has 26 heavy (non-hydrogen) atoms. The molecule has 132 valence electrons. The molecule has 0 aliphatic rings. The molecule has 0 fully saturated rings. The Bertz CT molecular complexity index is 1010. The van der Waals surface area contributed by atoms with Gasteiger partial charge in [-0.25, -0.2) is 4.79 Å². The highest BCUT2D eigenvalue weighted by molar-refractivity contribution is 6.09. The predicted octanol–water partition coefficient (Wildman–Crippen LogP) is 3.16. The van der Waals surface area contributed by atoms with Crippen molar-refractivity contribution in [1.29, 1.82) is 0 Å². The fraction of sp³-hybridized carbons (Fsp3) is 0.111. The molecule has 1 aromatic heterocycles. The molecule has 3 rings (SSSR count). The number of rotatable bonds is 6. The molecule has 0 saturated carbocycles. The third kappa shape index (κ3) is 3.25. The number of ketones is 1. The molecule has 0 atom stereocenters. The van der Waals surface area contributed by atoms with E-state index in [2.05, 4.69) is 10.3 Å². The Kier molecular flexibility index (Phi) is 4.66. The Balaban J connectivity index is 1.73. The first-order valence-corrected chi connectivity index (χ1v) is 7.74. The standard InChI is InChI=1S/C18H15N3O5/c1-19-15-7-6-11(8-16(15)21(24)25)18(23)26-10-17(22)13-9-20-14-5-3-2-4-12(13)14/h2-9,19-20H,10H2,1H3. The number of carbonyl (C=O) groups excluding carboxylic acids is 2. The van der Waals surface area contributed by atoms with Gasteiger partial charge in [0, 0.05) is 35.8 Å². The number of benzene rings is 2. The van der Waals surface area contributed by atoms with Gasteiger partial charge in [-0.15, -0.1) is 0 Å². The van der Waals surface area contributed by atoms with Gasteiger partial charge in [0.2, 0.25) is 5.78 Å². The van der Waals surface area contributed by atoms with Crippen LogP contribution in [-0.4, -0.2) is 35.3 Å². The smallest absolute Gasteiger partial charge is 0.338 e. The van der Waals surface area contributed by atoms with Crippen molar-refractivity contribution in [2.24, 2.45) is 0 Å². The number of nitro benzene ring substituents is 1. The molecule has 0 bridgehead atoms. The van der Waals surface area contributed by atoms with Gasteiger partial charge in [-0.1, -0.05) is 18.2 Å². The zero-order valence-electron chi connectivity index (χ0n) is 13.8. The number of hydrogen-bond donors (Lipinski definition) is 2. The number of fused-ring (bicyclic) bond motifs is 1. The lowest BCUT2D eigenvalue weighted by Crippen LogP contribution is -2.14. The first-order chi connectivity index (χ1) is 12.5. The number of nitrogens with zero attached hydrogens (tertiary/aromatic N) is 1. The van der Waals surface area contributed by atoms with Gasteiger partial charge in [0.25, 0.3) is 5.69 Å². The van der Waals surface area contributed by atoms with Crippen molar-refractivity contribution in [3.05, 3.63) is 69.9 Å². The number of hydrogen-bond acceptors (Lipinski definition) is 6. The maximum Gasteiger partial charge on any atom is 0.338 e. The molecule has 2 N–H and O–H groups in total. The molecule has 0 amide bonds. The number of para-hydroxylation sites is 1. The van der Waals surface area contributed by atoms with Crippen LogP contribution >= 0.6 is 0 Å². The summed E-state index contributed by atoms with van der Waals surface area (Å²) in [6.07, 6.45) is 1.56. The molecule has 0 aliphatic heterocycles. The second kappa shape index (κ2) is 7.06. The van der Waals surface area contributed by atoms with E-state index in [0.29, 0.717) is 5.56 Å². The maximum atomic E-state index is 12.3. The minimum Gasteiger partial charge on any atom is -0.454 e. The first kappa shape index (κ1) is 17.2. The predicted molar refractivity (Wildman–Crippen MR) is 95.6 cm³/mol. The topological polar surface area (TPSA) is 114 Å². The highest BCUT2D eigenvalue weighted by Gasteiger charge is 2.19. The minimum atomic E-state index is -0.802. The lowest BCUT2D eigenvalue weighted by atomic mass is 10.1. The number of anilines is 1. The van der Waals surface area contributed by atoms with Gasteiger partial charge in [0.15, 0.2) is 6.61 Å². The average Bonchev–Trinajstić information content (AvgIpc) is 3.09. The Labute approximate surface area is 147 Å². The zero-order chi connectivity index (χ0) is 18.7. The van der Waals surface area contributed by atoms with Crippen LogP contribution in [0.1, 0.15) is 20.7 Å². The summed E-state index contributed by atoms with van der Waals surface area (Å²) in [5.41, 5.74) is 1.26. The van der Waals surface area contributed by atoms with Crippen molar-refractivity contribution in [2.45, 2.75) is 0 Å². The summed E-state index contributed by atoms with van der Waals surface area (Å²) in [5, 5.41) is 14.5. The van der Waals surface area contributed by atoms with Crippen molar-refractivity contribution in [1.82, 2.24) is 4.98 Å². The van der Waals surface area contributed by atoms with Gasteiger partial charge >= 0.3 is 5.97 Å². The zero-order valence-corrected chi connectivity index (χ0v) is 13.8. The van der Waals surface area contributed by atoms with Crippen molar-refractivity contribution in [3.63, 3.8) is 0 Å². The molecule has 0 unspecified atom stereocenters. The molecular formula is C18H15N3O5. The summed E-state index contributed by atoms with van der Waals surface area (Å²) in [7, 11) is 1.54. The van der Waals surface area contributed by atoms with E-state index in [9.17, 15) is 19.7 Å². The number of Topliss-reactive ketones (excluding diaryl/α,β-unsaturated/α-hetero) is 1. The molecule has 3 aromatic rings. The fourth-order valence-electron chi connectivity index (χ4n) is 2.62. The van der Waals surface area contributed by atoms with Gasteiger partial charge in [0.05, 0.1) is 10.5 Å². The number of nitro groups is 1. The van der Waals surface area contributed by atoms with Crippen LogP contribution < -0.4 is 5.32 Å². The third-order valence-electron chi connectivity index (χ3n) is 3.92. The Morgan fingerprint density at radius 3 is 2.73 bits per heavy atom. The van der Waals surface area contributed by atoms with Crippen LogP contribution in [0.5, 0.6) is 0 Å². The molecular weight excluding hydrogens is 338 g/mol. The minimum absolute atomic E-state index is 0.00225. The summed E-state index contributed by atoms with van der Waals surface area (Å²) in [4.78, 5) is 37.9. The summed E-state index contributed by atoms with van der Waals surface area (Å²) in [6.45, 7) is -0.456. The SMILES string of the molecule is CNc1ccc(C(=O)OCC(=O)c2c[nH]c3ccccc23)cc1[N+](=O)[O-]. The van der Waals surface area contributed by atoms with Crippen molar-refractivity contribution < 1.29 is 19.2 Å². The number of ether oxygens (including phenoxy) is 1. The van der Waals surface area contributed by atoms with E-state index in [1.54, 1.807) is 25.4 Å². The van der Waals surface area contributed by atoms with Crippen molar-refractivity contribution in [3.8, 4) is 0 Å². The summed E-state index contributed by atoms with van der Waals surface area (Å²) >= 11 is 0. The first-order valence-electron chi connectivity index (χ1n) is 7.74. The van der Waals surface area contributed by atoms with Crippen molar-refractivity contribution in [2.75, 3.05) is 19.0 Å². The molecule has 8 heteroatoms. The highest BCUT2D eigenvalue weighted by atomic mass is 16.6. The molecule has 0 saturated heterocycles. The molecule has 0 radical (unpaired) electrons. The second-order valence-corrected chi connectivity index (χ2v) is 5.49. The maximum absolute atomic E-state index is 12.3. The molecule has 1 heterocycles. The van der Waals surface area contributed by atoms with Crippen LogP contribution in [0.3, 0.4) is 0 Å². The van der Waals surface area contributed by atoms with E-state index in [0.717, 1.165) is 17.0 Å². The van der Waals surface area contributed by atoms with Gasteiger partial charge in [0.1, 0.15) is 5.69 Å². The lowest BCUT2D eigenvalue weighted by Gasteiger charge is -2.06. The van der Waals surface area contributed by atoms with Crippen LogP contribution in [0.25, 0.3) is 10.9 Å². The van der Waals surface area contributed by atoms with E-state index < -0.39 is 17.5 Å². The lowest BCUT2D eigenvalue weighted by molar-refractivity contribution is -0.384.